The number of aryl methyl sites for hydroxylation is 1. The second-order valence-electron chi connectivity index (χ2n) is 6.29. The number of rotatable bonds is 8. The Balaban J connectivity index is 2.04. The Bertz CT molecular complexity index is 772. The molecular weight excluding hydrogens is 372 g/mol. The van der Waals surface area contributed by atoms with Gasteiger partial charge in [0, 0.05) is 25.4 Å². The van der Waals surface area contributed by atoms with Crippen molar-refractivity contribution >= 4 is 27.6 Å². The highest BCUT2D eigenvalue weighted by Gasteiger charge is 2.27. The predicted octanol–water partition coefficient (Wildman–Crippen LogP) is 1.69. The molecule has 1 aromatic rings. The molecule has 9 heteroatoms. The van der Waals surface area contributed by atoms with Crippen LogP contribution in [0.5, 0.6) is 0 Å². The van der Waals surface area contributed by atoms with Crippen molar-refractivity contribution in [1.82, 2.24) is 4.31 Å². The number of benzene rings is 1. The molecule has 0 radical (unpaired) electrons. The lowest BCUT2D eigenvalue weighted by molar-refractivity contribution is -0.151. The summed E-state index contributed by atoms with van der Waals surface area (Å²) < 4.78 is 37.0. The van der Waals surface area contributed by atoms with E-state index in [2.05, 4.69) is 5.32 Å². The number of esters is 1. The molecule has 8 nitrogen and oxygen atoms in total. The van der Waals surface area contributed by atoms with Gasteiger partial charge in [-0.3, -0.25) is 4.79 Å². The van der Waals surface area contributed by atoms with E-state index in [1.807, 2.05) is 0 Å². The number of hydrogen-bond donors (Lipinski definition) is 1. The molecule has 1 heterocycles. The summed E-state index contributed by atoms with van der Waals surface area (Å²) in [5.41, 5.74) is 0.948. The number of ether oxygens (including phenoxy) is 2. The van der Waals surface area contributed by atoms with Crippen molar-refractivity contribution in [3.05, 3.63) is 23.8 Å². The minimum Gasteiger partial charge on any atom is -0.454 e. The van der Waals surface area contributed by atoms with Crippen molar-refractivity contribution in [2.45, 2.75) is 38.0 Å². The van der Waals surface area contributed by atoms with Gasteiger partial charge in [0.2, 0.25) is 10.0 Å². The molecule has 1 fully saturated rings. The maximum Gasteiger partial charge on any atom is 0.332 e. The highest BCUT2D eigenvalue weighted by atomic mass is 32.2. The molecule has 1 aliphatic heterocycles. The lowest BCUT2D eigenvalue weighted by atomic mass is 10.2. The van der Waals surface area contributed by atoms with Crippen LogP contribution in [0.1, 0.15) is 31.7 Å². The topological polar surface area (TPSA) is 102 Å². The fourth-order valence-corrected chi connectivity index (χ4v) is 4.54. The third kappa shape index (κ3) is 6.02. The molecular formula is C18H26N2O6S. The van der Waals surface area contributed by atoms with Gasteiger partial charge in [-0.15, -0.1) is 0 Å². The van der Waals surface area contributed by atoms with Crippen molar-refractivity contribution in [3.63, 3.8) is 0 Å². The fourth-order valence-electron chi connectivity index (χ4n) is 2.77. The van der Waals surface area contributed by atoms with Gasteiger partial charge in [0.05, 0.1) is 4.90 Å². The second kappa shape index (κ2) is 9.82. The van der Waals surface area contributed by atoms with Gasteiger partial charge in [0.1, 0.15) is 6.61 Å². The van der Waals surface area contributed by atoms with Gasteiger partial charge in [-0.05, 0) is 44.4 Å². The van der Waals surface area contributed by atoms with Gasteiger partial charge >= 0.3 is 5.97 Å². The van der Waals surface area contributed by atoms with Crippen LogP contribution < -0.4 is 5.32 Å². The molecule has 1 aromatic carbocycles. The molecule has 0 atom stereocenters. The molecule has 0 spiro atoms. The van der Waals surface area contributed by atoms with E-state index in [9.17, 15) is 18.0 Å². The first-order chi connectivity index (χ1) is 12.8. The first-order valence-electron chi connectivity index (χ1n) is 8.98. The van der Waals surface area contributed by atoms with E-state index < -0.39 is 28.5 Å². The minimum absolute atomic E-state index is 0.176. The summed E-state index contributed by atoms with van der Waals surface area (Å²) in [7, 11) is -3.61. The number of hydrogen-bond acceptors (Lipinski definition) is 6. The van der Waals surface area contributed by atoms with Gasteiger partial charge in [-0.25, -0.2) is 13.2 Å². The van der Waals surface area contributed by atoms with E-state index in [1.165, 1.54) is 10.4 Å². The van der Waals surface area contributed by atoms with E-state index in [0.717, 1.165) is 19.3 Å². The number of nitrogens with one attached hydrogen (secondary N) is 1. The normalized spacial score (nSPS) is 15.3. The molecule has 0 aliphatic carbocycles. The standard InChI is InChI=1S/C18H26N2O6S/c1-3-25-13-18(22)26-12-17(21)19-15-8-7-14(2)16(11-15)27(23,24)20-9-5-4-6-10-20/h7-8,11H,3-6,9-10,12-13H2,1-2H3,(H,19,21). The zero-order valence-corrected chi connectivity index (χ0v) is 16.5. The summed E-state index contributed by atoms with van der Waals surface area (Å²) in [4.78, 5) is 23.5. The molecule has 2 rings (SSSR count). The van der Waals surface area contributed by atoms with Crippen molar-refractivity contribution in [1.29, 1.82) is 0 Å². The number of sulfonamides is 1. The first-order valence-corrected chi connectivity index (χ1v) is 10.4. The number of nitrogens with zero attached hydrogens (tertiary/aromatic N) is 1. The molecule has 0 aromatic heterocycles. The smallest absolute Gasteiger partial charge is 0.332 e. The van der Waals surface area contributed by atoms with Gasteiger partial charge in [0.25, 0.3) is 5.91 Å². The van der Waals surface area contributed by atoms with Gasteiger partial charge in [-0.1, -0.05) is 12.5 Å². The summed E-state index contributed by atoms with van der Waals surface area (Å²) in [6, 6.07) is 4.71. The number of carbonyl (C=O) groups excluding carboxylic acids is 2. The SMILES string of the molecule is CCOCC(=O)OCC(=O)Nc1ccc(C)c(S(=O)(=O)N2CCCCC2)c1. The van der Waals surface area contributed by atoms with Crippen LogP contribution >= 0.6 is 0 Å². The van der Waals surface area contributed by atoms with Crippen LogP contribution in [-0.4, -0.2) is 57.5 Å². The van der Waals surface area contributed by atoms with Crippen LogP contribution in [0.2, 0.25) is 0 Å². The van der Waals surface area contributed by atoms with Crippen molar-refractivity contribution in [2.75, 3.05) is 38.2 Å². The average Bonchev–Trinajstić information content (AvgIpc) is 2.66. The largest absolute Gasteiger partial charge is 0.454 e. The second-order valence-corrected chi connectivity index (χ2v) is 8.20. The number of anilines is 1. The van der Waals surface area contributed by atoms with E-state index >= 15 is 0 Å². The van der Waals surface area contributed by atoms with Crippen LogP contribution in [0.25, 0.3) is 0 Å². The van der Waals surface area contributed by atoms with Gasteiger partial charge in [-0.2, -0.15) is 4.31 Å². The highest BCUT2D eigenvalue weighted by molar-refractivity contribution is 7.89. The van der Waals surface area contributed by atoms with Crippen LogP contribution in [0.15, 0.2) is 23.1 Å². The Morgan fingerprint density at radius 1 is 1.15 bits per heavy atom. The monoisotopic (exact) mass is 398 g/mol. The van der Waals surface area contributed by atoms with E-state index in [-0.39, 0.29) is 11.5 Å². The molecule has 27 heavy (non-hydrogen) atoms. The lowest BCUT2D eigenvalue weighted by Crippen LogP contribution is -2.36. The molecule has 1 aliphatic rings. The van der Waals surface area contributed by atoms with Crippen molar-refractivity contribution < 1.29 is 27.5 Å². The Labute approximate surface area is 159 Å². The van der Waals surface area contributed by atoms with Crippen LogP contribution in [0.3, 0.4) is 0 Å². The van der Waals surface area contributed by atoms with E-state index in [1.54, 1.807) is 26.0 Å². The zero-order chi connectivity index (χ0) is 19.9. The van der Waals surface area contributed by atoms with Crippen molar-refractivity contribution in [3.8, 4) is 0 Å². The number of piperidine rings is 1. The van der Waals surface area contributed by atoms with Crippen LogP contribution in [0, 0.1) is 6.92 Å². The maximum atomic E-state index is 12.9. The predicted molar refractivity (Wildman–Crippen MR) is 99.9 cm³/mol. The van der Waals surface area contributed by atoms with E-state index in [4.69, 9.17) is 9.47 Å². The molecule has 1 saturated heterocycles. The lowest BCUT2D eigenvalue weighted by Gasteiger charge is -2.26. The summed E-state index contributed by atoms with van der Waals surface area (Å²) in [6.45, 7) is 4.17. The summed E-state index contributed by atoms with van der Waals surface area (Å²) in [6.07, 6.45) is 2.73. The summed E-state index contributed by atoms with van der Waals surface area (Å²) in [5.74, 6) is -1.19. The summed E-state index contributed by atoms with van der Waals surface area (Å²) >= 11 is 0. The first kappa shape index (κ1) is 21.3. The quantitative estimate of drug-likeness (QED) is 0.669. The maximum absolute atomic E-state index is 12.9. The Kier molecular flexibility index (Phi) is 7.76. The molecule has 0 bridgehead atoms. The number of carbonyl (C=O) groups is 2. The van der Waals surface area contributed by atoms with Crippen LogP contribution in [0.4, 0.5) is 5.69 Å². The highest BCUT2D eigenvalue weighted by Crippen LogP contribution is 2.26. The third-order valence-electron chi connectivity index (χ3n) is 4.19. The third-order valence-corrected chi connectivity index (χ3v) is 6.23. The molecule has 1 N–H and O–H groups in total. The van der Waals surface area contributed by atoms with Crippen LogP contribution in [-0.2, 0) is 29.1 Å². The van der Waals surface area contributed by atoms with Gasteiger partial charge < -0.3 is 14.8 Å². The van der Waals surface area contributed by atoms with E-state index in [0.29, 0.717) is 30.9 Å². The number of amides is 1. The van der Waals surface area contributed by atoms with Crippen molar-refractivity contribution in [2.24, 2.45) is 0 Å². The van der Waals surface area contributed by atoms with Gasteiger partial charge in [0.15, 0.2) is 6.61 Å². The Morgan fingerprint density at radius 3 is 2.52 bits per heavy atom. The molecule has 0 saturated carbocycles. The molecule has 0 unspecified atom stereocenters. The Hall–Kier alpha value is -1.97. The molecule has 1 amide bonds. The summed E-state index contributed by atoms with van der Waals surface area (Å²) in [5, 5.41) is 2.56. The Morgan fingerprint density at radius 2 is 1.85 bits per heavy atom. The fraction of sp³-hybridized carbons (Fsp3) is 0.556. The average molecular weight is 398 g/mol. The minimum atomic E-state index is -3.61. The zero-order valence-electron chi connectivity index (χ0n) is 15.7. The molecule has 150 valence electrons.